The van der Waals surface area contributed by atoms with Gasteiger partial charge in [0.1, 0.15) is 0 Å². The lowest BCUT2D eigenvalue weighted by molar-refractivity contribution is -0.102. The average Bonchev–Trinajstić information content (AvgIpc) is 1.88. The van der Waals surface area contributed by atoms with Crippen LogP contribution in [0.25, 0.3) is 0 Å². The Hall–Kier alpha value is -0.200. The number of hydrogen-bond acceptors (Lipinski definition) is 4. The number of methoxy groups -OCH3 is 2. The van der Waals surface area contributed by atoms with Crippen molar-refractivity contribution in [2.45, 2.75) is 12.7 Å². The van der Waals surface area contributed by atoms with Gasteiger partial charge in [-0.3, -0.25) is 0 Å². The highest BCUT2D eigenvalue weighted by Gasteiger charge is 2.12. The lowest BCUT2D eigenvalue weighted by Gasteiger charge is -2.10. The number of halogens is 1. The van der Waals surface area contributed by atoms with E-state index in [1.54, 1.807) is 0 Å². The van der Waals surface area contributed by atoms with Crippen LogP contribution in [0.15, 0.2) is 0 Å². The molecule has 68 valence electrons. The summed E-state index contributed by atoms with van der Waals surface area (Å²) in [5.74, 6) is -0.570. The molecule has 0 radical (unpaired) electrons. The Kier molecular flexibility index (Phi) is 4.55. The minimum Gasteiger partial charge on any atom is -0.356 e. The quantitative estimate of drug-likeness (QED) is 0.457. The Morgan fingerprint density at radius 3 is 2.09 bits per heavy atom. The fourth-order valence-electron chi connectivity index (χ4n) is 0.569. The predicted octanol–water partition coefficient (Wildman–Crippen LogP) is 0.295. The summed E-state index contributed by atoms with van der Waals surface area (Å²) in [7, 11) is -1.68. The second kappa shape index (κ2) is 4.63. The van der Waals surface area contributed by atoms with E-state index >= 15 is 0 Å². The van der Waals surface area contributed by atoms with Gasteiger partial charge in [0, 0.05) is 20.6 Å². The van der Waals surface area contributed by atoms with Crippen molar-refractivity contribution in [3.63, 3.8) is 0 Å². The summed E-state index contributed by atoms with van der Waals surface area (Å²) in [6.45, 7) is 0. The first-order valence-corrected chi connectivity index (χ1v) is 4.53. The molecule has 0 fully saturated rings. The highest BCUT2D eigenvalue weighted by Crippen LogP contribution is 2.02. The highest BCUT2D eigenvalue weighted by molar-refractivity contribution is 7.86. The molecule has 0 amide bonds. The zero-order valence-corrected chi connectivity index (χ0v) is 7.23. The molecule has 0 heterocycles. The fourth-order valence-corrected chi connectivity index (χ4v) is 1.04. The van der Waals surface area contributed by atoms with Crippen molar-refractivity contribution >= 4 is 10.2 Å². The molecule has 0 saturated carbocycles. The van der Waals surface area contributed by atoms with E-state index in [1.807, 2.05) is 0 Å². The zero-order chi connectivity index (χ0) is 8.91. The standard InChI is InChI=1S/C5H11FO4S/c1-9-5(10-2)3-4-11(6,7)8/h5H,3-4H2,1-2H3. The van der Waals surface area contributed by atoms with Crippen LogP contribution in [0.4, 0.5) is 3.89 Å². The van der Waals surface area contributed by atoms with Crippen LogP contribution in [-0.2, 0) is 19.7 Å². The van der Waals surface area contributed by atoms with E-state index in [0.717, 1.165) is 0 Å². The van der Waals surface area contributed by atoms with E-state index in [0.29, 0.717) is 0 Å². The van der Waals surface area contributed by atoms with Crippen LogP contribution in [-0.4, -0.2) is 34.7 Å². The van der Waals surface area contributed by atoms with Gasteiger partial charge in [-0.1, -0.05) is 0 Å². The van der Waals surface area contributed by atoms with Gasteiger partial charge in [0.25, 0.3) is 0 Å². The van der Waals surface area contributed by atoms with E-state index in [2.05, 4.69) is 9.47 Å². The molecule has 0 atom stereocenters. The molecule has 0 aliphatic heterocycles. The highest BCUT2D eigenvalue weighted by atomic mass is 32.3. The minimum absolute atomic E-state index is 0.00579. The number of ether oxygens (including phenoxy) is 2. The molecule has 11 heavy (non-hydrogen) atoms. The van der Waals surface area contributed by atoms with Gasteiger partial charge >= 0.3 is 10.2 Å². The van der Waals surface area contributed by atoms with Crippen molar-refractivity contribution in [3.8, 4) is 0 Å². The van der Waals surface area contributed by atoms with Gasteiger partial charge < -0.3 is 9.47 Å². The predicted molar refractivity (Wildman–Crippen MR) is 37.3 cm³/mol. The van der Waals surface area contributed by atoms with E-state index in [4.69, 9.17) is 0 Å². The molecular formula is C5H11FO4S. The van der Waals surface area contributed by atoms with Gasteiger partial charge in [0.05, 0.1) is 5.75 Å². The van der Waals surface area contributed by atoms with Crippen LogP contribution in [0.2, 0.25) is 0 Å². The van der Waals surface area contributed by atoms with E-state index in [9.17, 15) is 12.3 Å². The first kappa shape index (κ1) is 10.8. The summed E-state index contributed by atoms with van der Waals surface area (Å²) >= 11 is 0. The topological polar surface area (TPSA) is 52.6 Å². The van der Waals surface area contributed by atoms with Crippen molar-refractivity contribution in [3.05, 3.63) is 0 Å². The molecule has 0 rings (SSSR count). The van der Waals surface area contributed by atoms with Gasteiger partial charge in [-0.2, -0.15) is 8.42 Å². The molecular weight excluding hydrogens is 175 g/mol. The zero-order valence-electron chi connectivity index (χ0n) is 6.41. The molecule has 0 aromatic rings. The van der Waals surface area contributed by atoms with Crippen LogP contribution in [0, 0.1) is 0 Å². The van der Waals surface area contributed by atoms with Crippen LogP contribution in [0.1, 0.15) is 6.42 Å². The van der Waals surface area contributed by atoms with Crippen molar-refractivity contribution < 1.29 is 21.8 Å². The maximum Gasteiger partial charge on any atom is 0.302 e. The SMILES string of the molecule is COC(CCS(=O)(=O)F)OC. The third kappa shape index (κ3) is 6.21. The first-order valence-electron chi connectivity index (χ1n) is 2.97. The average molecular weight is 186 g/mol. The molecule has 0 bridgehead atoms. The van der Waals surface area contributed by atoms with Crippen LogP contribution < -0.4 is 0 Å². The first-order chi connectivity index (χ1) is 4.99. The lowest BCUT2D eigenvalue weighted by Crippen LogP contribution is -2.16. The summed E-state index contributed by atoms with van der Waals surface area (Å²) in [5, 5.41) is 0. The molecule has 0 aliphatic carbocycles. The molecule has 6 heteroatoms. The van der Waals surface area contributed by atoms with Crippen molar-refractivity contribution in [2.75, 3.05) is 20.0 Å². The molecule has 0 aliphatic rings. The summed E-state index contributed by atoms with van der Waals surface area (Å²) < 4.78 is 41.1. The number of hydrogen-bond donors (Lipinski definition) is 0. The van der Waals surface area contributed by atoms with Gasteiger partial charge in [-0.25, -0.2) is 0 Å². The maximum atomic E-state index is 11.9. The smallest absolute Gasteiger partial charge is 0.302 e. The number of rotatable bonds is 5. The van der Waals surface area contributed by atoms with Crippen molar-refractivity contribution in [1.29, 1.82) is 0 Å². The Morgan fingerprint density at radius 2 is 1.82 bits per heavy atom. The van der Waals surface area contributed by atoms with Gasteiger partial charge in [0.15, 0.2) is 6.29 Å². The molecule has 0 saturated heterocycles. The summed E-state index contributed by atoms with van der Waals surface area (Å²) in [4.78, 5) is 0. The van der Waals surface area contributed by atoms with Gasteiger partial charge in [0.2, 0.25) is 0 Å². The molecule has 0 N–H and O–H groups in total. The van der Waals surface area contributed by atoms with E-state index < -0.39 is 22.3 Å². The largest absolute Gasteiger partial charge is 0.356 e. The normalized spacial score (nSPS) is 12.4. The van der Waals surface area contributed by atoms with Gasteiger partial charge in [-0.05, 0) is 0 Å². The Balaban J connectivity index is 3.69. The second-order valence-electron chi connectivity index (χ2n) is 1.93. The second-order valence-corrected chi connectivity index (χ2v) is 3.42. The lowest BCUT2D eigenvalue weighted by atomic mass is 10.5. The van der Waals surface area contributed by atoms with Crippen LogP contribution in [0.5, 0.6) is 0 Å². The van der Waals surface area contributed by atoms with Gasteiger partial charge in [-0.15, -0.1) is 3.89 Å². The Bertz CT molecular complexity index is 185. The summed E-state index contributed by atoms with van der Waals surface area (Å²) in [6.07, 6.45) is -0.647. The Labute approximate surface area is 65.5 Å². The monoisotopic (exact) mass is 186 g/mol. The maximum absolute atomic E-state index is 11.9. The summed E-state index contributed by atoms with van der Waals surface area (Å²) in [5.41, 5.74) is 0. The van der Waals surface area contributed by atoms with Crippen molar-refractivity contribution in [1.82, 2.24) is 0 Å². The summed E-state index contributed by atoms with van der Waals surface area (Å²) in [6, 6.07) is 0. The molecule has 0 unspecified atom stereocenters. The fraction of sp³-hybridized carbons (Fsp3) is 1.00. The molecule has 0 aromatic carbocycles. The van der Waals surface area contributed by atoms with E-state index in [-0.39, 0.29) is 6.42 Å². The molecule has 4 nitrogen and oxygen atoms in total. The molecule has 0 spiro atoms. The molecule has 0 aromatic heterocycles. The van der Waals surface area contributed by atoms with Crippen LogP contribution in [0.3, 0.4) is 0 Å². The van der Waals surface area contributed by atoms with E-state index in [1.165, 1.54) is 14.2 Å². The third-order valence-corrected chi connectivity index (χ3v) is 1.85. The van der Waals surface area contributed by atoms with Crippen molar-refractivity contribution in [2.24, 2.45) is 0 Å². The third-order valence-electron chi connectivity index (χ3n) is 1.12. The minimum atomic E-state index is -4.40. The van der Waals surface area contributed by atoms with Crippen LogP contribution >= 0.6 is 0 Å². The Morgan fingerprint density at radius 1 is 1.36 bits per heavy atom.